The van der Waals surface area contributed by atoms with E-state index < -0.39 is 0 Å². The molecule has 7 nitrogen and oxygen atoms in total. The Hall–Kier alpha value is 0.166. The maximum atomic E-state index is 11.8. The van der Waals surface area contributed by atoms with Crippen molar-refractivity contribution in [2.24, 2.45) is 5.92 Å². The molecule has 8 heteroatoms. The fourth-order valence-corrected chi connectivity index (χ4v) is 2.49. The number of carbonyl (C=O) groups is 3. The van der Waals surface area contributed by atoms with E-state index in [1.807, 2.05) is 0 Å². The zero-order chi connectivity index (χ0) is 16.9. The number of ether oxygens (including phenoxy) is 2. The third kappa shape index (κ3) is 15.0. The van der Waals surface area contributed by atoms with Crippen LogP contribution in [-0.4, -0.2) is 57.1 Å². The average Bonchev–Trinajstić information content (AvgIpc) is 2.53. The molecule has 0 aromatic carbocycles. The van der Waals surface area contributed by atoms with Crippen molar-refractivity contribution in [3.63, 3.8) is 0 Å². The third-order valence-corrected chi connectivity index (χ3v) is 3.80. The molecule has 0 saturated heterocycles. The molecule has 1 saturated carbocycles. The van der Waals surface area contributed by atoms with Crippen LogP contribution in [0.1, 0.15) is 39.0 Å². The van der Waals surface area contributed by atoms with Gasteiger partial charge < -0.3 is 32.3 Å². The van der Waals surface area contributed by atoms with Crippen molar-refractivity contribution in [2.45, 2.75) is 45.1 Å². The van der Waals surface area contributed by atoms with Gasteiger partial charge in [0.1, 0.15) is 6.29 Å². The largest absolute Gasteiger partial charge is 1.00 e. The van der Waals surface area contributed by atoms with E-state index >= 15 is 0 Å². The van der Waals surface area contributed by atoms with Crippen LogP contribution in [0.5, 0.6) is 0 Å². The van der Waals surface area contributed by atoms with Gasteiger partial charge in [0, 0.05) is 31.8 Å². The minimum atomic E-state index is -0.0736. The smallest absolute Gasteiger partial charge is 0.379 e. The minimum absolute atomic E-state index is 0. The summed E-state index contributed by atoms with van der Waals surface area (Å²) in [4.78, 5) is 33.1. The molecule has 140 valence electrons. The SMILES string of the molecule is CC(=O)NCCOCCOCCC(=O)NC1CCC(C=O)CC1.[CH3-].[K+]. The normalized spacial score (nSPS) is 19.1. The van der Waals surface area contributed by atoms with Crippen molar-refractivity contribution in [2.75, 3.05) is 33.0 Å². The molecule has 0 spiro atoms. The Balaban J connectivity index is 0. The molecule has 25 heavy (non-hydrogen) atoms. The van der Waals surface area contributed by atoms with Crippen molar-refractivity contribution in [3.8, 4) is 0 Å². The van der Waals surface area contributed by atoms with Crippen LogP contribution in [0.3, 0.4) is 0 Å². The van der Waals surface area contributed by atoms with Gasteiger partial charge in [-0.05, 0) is 25.7 Å². The van der Waals surface area contributed by atoms with Crippen LogP contribution in [0.2, 0.25) is 0 Å². The summed E-state index contributed by atoms with van der Waals surface area (Å²) in [6.07, 6.45) is 4.82. The van der Waals surface area contributed by atoms with E-state index in [-0.39, 0.29) is 82.6 Å². The van der Waals surface area contributed by atoms with Gasteiger partial charge in [-0.15, -0.1) is 0 Å². The summed E-state index contributed by atoms with van der Waals surface area (Å²) in [5.41, 5.74) is 0. The summed E-state index contributed by atoms with van der Waals surface area (Å²) in [6, 6.07) is 0.191. The molecule has 1 aliphatic carbocycles. The summed E-state index contributed by atoms with van der Waals surface area (Å²) in [6.45, 7) is 3.64. The van der Waals surface area contributed by atoms with Crippen molar-refractivity contribution >= 4 is 18.1 Å². The first-order chi connectivity index (χ1) is 11.1. The second kappa shape index (κ2) is 17.6. The molecule has 0 aromatic heterocycles. The Morgan fingerprint density at radius 2 is 1.64 bits per heavy atom. The molecule has 1 fully saturated rings. The fraction of sp³-hybridized carbons (Fsp3) is 0.765. The molecule has 0 radical (unpaired) electrons. The minimum Gasteiger partial charge on any atom is -0.379 e. The zero-order valence-corrected chi connectivity index (χ0v) is 19.0. The molecule has 0 aliphatic heterocycles. The molecule has 2 amide bonds. The van der Waals surface area contributed by atoms with Gasteiger partial charge in [-0.3, -0.25) is 9.59 Å². The third-order valence-electron chi connectivity index (χ3n) is 3.80. The quantitative estimate of drug-likeness (QED) is 0.184. The number of aldehydes is 1. The number of hydrogen-bond donors (Lipinski definition) is 2. The average molecular weight is 383 g/mol. The summed E-state index contributed by atoms with van der Waals surface area (Å²) < 4.78 is 10.6. The van der Waals surface area contributed by atoms with Crippen LogP contribution in [0, 0.1) is 13.3 Å². The van der Waals surface area contributed by atoms with E-state index in [0.717, 1.165) is 32.0 Å². The molecule has 0 bridgehead atoms. The van der Waals surface area contributed by atoms with Crippen molar-refractivity contribution in [1.82, 2.24) is 10.6 Å². The predicted octanol–water partition coefficient (Wildman–Crippen LogP) is -2.13. The van der Waals surface area contributed by atoms with E-state index in [2.05, 4.69) is 10.6 Å². The van der Waals surface area contributed by atoms with Gasteiger partial charge in [-0.25, -0.2) is 0 Å². The summed E-state index contributed by atoms with van der Waals surface area (Å²) >= 11 is 0. The Morgan fingerprint density at radius 3 is 2.20 bits per heavy atom. The fourth-order valence-electron chi connectivity index (χ4n) is 2.49. The number of hydrogen-bond acceptors (Lipinski definition) is 5. The molecule has 1 rings (SSSR count). The zero-order valence-electron chi connectivity index (χ0n) is 15.8. The van der Waals surface area contributed by atoms with Gasteiger partial charge in [-0.2, -0.15) is 0 Å². The second-order valence-electron chi connectivity index (χ2n) is 5.77. The Morgan fingerprint density at radius 1 is 1.04 bits per heavy atom. The molecular formula is C17H31KN2O5. The Bertz CT molecular complexity index is 374. The van der Waals surface area contributed by atoms with Crippen LogP contribution in [0.15, 0.2) is 0 Å². The Labute approximate surface area is 193 Å². The van der Waals surface area contributed by atoms with Gasteiger partial charge >= 0.3 is 51.4 Å². The van der Waals surface area contributed by atoms with Crippen LogP contribution in [0.4, 0.5) is 0 Å². The van der Waals surface area contributed by atoms with Crippen molar-refractivity contribution < 1.29 is 75.2 Å². The first-order valence-corrected chi connectivity index (χ1v) is 8.26. The molecular weight excluding hydrogens is 351 g/mol. The van der Waals surface area contributed by atoms with Gasteiger partial charge in [0.05, 0.1) is 26.4 Å². The molecule has 0 unspecified atom stereocenters. The monoisotopic (exact) mass is 382 g/mol. The number of nitrogens with one attached hydrogen (secondary N) is 2. The number of amides is 2. The van der Waals surface area contributed by atoms with Crippen molar-refractivity contribution in [3.05, 3.63) is 7.43 Å². The first kappa shape index (κ1) is 27.4. The molecule has 0 atom stereocenters. The van der Waals surface area contributed by atoms with Gasteiger partial charge in [0.15, 0.2) is 0 Å². The van der Waals surface area contributed by atoms with E-state index in [1.54, 1.807) is 0 Å². The summed E-state index contributed by atoms with van der Waals surface area (Å²) in [5, 5.41) is 5.62. The summed E-state index contributed by atoms with van der Waals surface area (Å²) in [5.74, 6) is 0.0822. The molecule has 0 heterocycles. The van der Waals surface area contributed by atoms with E-state index in [0.29, 0.717) is 39.4 Å². The van der Waals surface area contributed by atoms with E-state index in [4.69, 9.17) is 9.47 Å². The molecule has 2 N–H and O–H groups in total. The topological polar surface area (TPSA) is 93.7 Å². The molecule has 1 aliphatic rings. The maximum absolute atomic E-state index is 11.8. The second-order valence-corrected chi connectivity index (χ2v) is 5.77. The predicted molar refractivity (Wildman–Crippen MR) is 91.3 cm³/mol. The summed E-state index contributed by atoms with van der Waals surface area (Å²) in [7, 11) is 0. The number of rotatable bonds is 11. The van der Waals surface area contributed by atoms with Crippen molar-refractivity contribution in [1.29, 1.82) is 0 Å². The maximum Gasteiger partial charge on any atom is 1.00 e. The van der Waals surface area contributed by atoms with Gasteiger partial charge in [0.25, 0.3) is 0 Å². The number of carbonyl (C=O) groups excluding carboxylic acids is 3. The van der Waals surface area contributed by atoms with Crippen LogP contribution in [-0.2, 0) is 23.9 Å². The Kier molecular flexibility index (Phi) is 19.3. The van der Waals surface area contributed by atoms with Crippen LogP contribution >= 0.6 is 0 Å². The standard InChI is InChI=1S/C16H28N2O5.CH3.K/c1-13(20)17-7-9-23-11-10-22-8-6-16(21)18-15-4-2-14(12-19)3-5-15;;/h12,14-15H,2-11H2,1H3,(H,17,20)(H,18,21);1H3;/q;-1;+1. The van der Waals surface area contributed by atoms with Crippen LogP contribution < -0.4 is 62.0 Å². The van der Waals surface area contributed by atoms with Crippen LogP contribution in [0.25, 0.3) is 0 Å². The van der Waals surface area contributed by atoms with E-state index in [9.17, 15) is 14.4 Å². The first-order valence-electron chi connectivity index (χ1n) is 8.26. The van der Waals surface area contributed by atoms with E-state index in [1.165, 1.54) is 6.92 Å². The van der Waals surface area contributed by atoms with Gasteiger partial charge in [0.2, 0.25) is 11.8 Å². The molecule has 0 aromatic rings. The van der Waals surface area contributed by atoms with Gasteiger partial charge in [-0.1, -0.05) is 0 Å².